The Balaban J connectivity index is 2.51. The van der Waals surface area contributed by atoms with Crippen molar-refractivity contribution in [1.82, 2.24) is 4.90 Å². The second-order valence-corrected chi connectivity index (χ2v) is 3.20. The van der Waals surface area contributed by atoms with Crippen molar-refractivity contribution in [2.24, 2.45) is 10.2 Å². The van der Waals surface area contributed by atoms with Crippen LogP contribution in [0.15, 0.2) is 58.7 Å². The second kappa shape index (κ2) is 7.43. The Kier molecular flexibility index (Phi) is 5.67. The van der Waals surface area contributed by atoms with Crippen LogP contribution in [0.25, 0.3) is 0 Å². The highest BCUT2D eigenvalue weighted by Crippen LogP contribution is 2.09. The van der Waals surface area contributed by atoms with Crippen LogP contribution in [-0.4, -0.2) is 18.0 Å². The number of hydrogen-bond acceptors (Lipinski definition) is 3. The third-order valence-corrected chi connectivity index (χ3v) is 2.13. The van der Waals surface area contributed by atoms with Crippen LogP contribution in [-0.2, 0) is 0 Å². The van der Waals surface area contributed by atoms with Crippen molar-refractivity contribution in [1.29, 1.82) is 0 Å². The molecule has 0 aromatic heterocycles. The summed E-state index contributed by atoms with van der Waals surface area (Å²) >= 11 is 0. The lowest BCUT2D eigenvalue weighted by Gasteiger charge is -2.12. The zero-order chi connectivity index (χ0) is 11.6. The summed E-state index contributed by atoms with van der Waals surface area (Å²) in [5.41, 5.74) is 3.82. The molecule has 3 heteroatoms. The van der Waals surface area contributed by atoms with Gasteiger partial charge in [0, 0.05) is 19.3 Å². The van der Waals surface area contributed by atoms with Crippen LogP contribution in [0, 0.1) is 0 Å². The molecule has 0 aliphatic rings. The monoisotopic (exact) mass is 215 g/mol. The highest BCUT2D eigenvalue weighted by molar-refractivity contribution is 5.34. The van der Waals surface area contributed by atoms with Crippen molar-refractivity contribution < 1.29 is 0 Å². The summed E-state index contributed by atoms with van der Waals surface area (Å²) in [6.45, 7) is 6.17. The minimum Gasteiger partial charge on any atom is -0.372 e. The fourth-order valence-electron chi connectivity index (χ4n) is 1.17. The standard InChI is InChI=1S/C13H17N3/c1-3-16(4-2)12-8-11-14-15-13-9-6-5-7-10-13/h5-7,9-12H,3-4H2,1-2H3. The van der Waals surface area contributed by atoms with E-state index in [9.17, 15) is 0 Å². The maximum atomic E-state index is 4.02. The Labute approximate surface area is 96.8 Å². The molecule has 0 saturated carbocycles. The zero-order valence-electron chi connectivity index (χ0n) is 9.80. The topological polar surface area (TPSA) is 28.0 Å². The van der Waals surface area contributed by atoms with Gasteiger partial charge in [-0.1, -0.05) is 23.9 Å². The summed E-state index contributed by atoms with van der Waals surface area (Å²) in [5.74, 6) is 0. The molecule has 0 amide bonds. The van der Waals surface area contributed by atoms with Gasteiger partial charge in [-0.2, -0.15) is 5.11 Å². The maximum absolute atomic E-state index is 4.02. The molecule has 0 bridgehead atoms. The molecule has 0 aliphatic carbocycles. The fraction of sp³-hybridized carbons (Fsp3) is 0.308. The minimum atomic E-state index is 0.850. The molecule has 16 heavy (non-hydrogen) atoms. The SMILES string of the molecule is CCN(C=C=CN=Nc1ccccc1)CC. The number of benzene rings is 1. The summed E-state index contributed by atoms with van der Waals surface area (Å²) < 4.78 is 0. The highest BCUT2D eigenvalue weighted by atomic mass is 15.1. The van der Waals surface area contributed by atoms with E-state index in [-0.39, 0.29) is 0 Å². The van der Waals surface area contributed by atoms with E-state index < -0.39 is 0 Å². The van der Waals surface area contributed by atoms with Gasteiger partial charge in [-0.25, -0.2) is 0 Å². The molecule has 1 aromatic rings. The molecular weight excluding hydrogens is 198 g/mol. The Hall–Kier alpha value is -1.86. The van der Waals surface area contributed by atoms with E-state index in [4.69, 9.17) is 0 Å². The first-order chi connectivity index (χ1) is 7.86. The van der Waals surface area contributed by atoms with Crippen molar-refractivity contribution in [2.75, 3.05) is 13.1 Å². The average molecular weight is 215 g/mol. The summed E-state index contributed by atoms with van der Waals surface area (Å²) in [5, 5.41) is 7.94. The molecular formula is C13H17N3. The van der Waals surface area contributed by atoms with E-state index in [2.05, 4.69) is 34.7 Å². The lowest BCUT2D eigenvalue weighted by Crippen LogP contribution is -2.14. The van der Waals surface area contributed by atoms with Gasteiger partial charge < -0.3 is 4.90 Å². The van der Waals surface area contributed by atoms with Crippen molar-refractivity contribution in [3.05, 3.63) is 48.5 Å². The zero-order valence-corrected chi connectivity index (χ0v) is 9.80. The molecule has 0 unspecified atom stereocenters. The van der Waals surface area contributed by atoms with E-state index in [0.29, 0.717) is 0 Å². The highest BCUT2D eigenvalue weighted by Gasteiger charge is 1.86. The molecule has 0 fully saturated rings. The van der Waals surface area contributed by atoms with Crippen molar-refractivity contribution in [2.45, 2.75) is 13.8 Å². The predicted octanol–water partition coefficient (Wildman–Crippen LogP) is 3.74. The lowest BCUT2D eigenvalue weighted by atomic mass is 10.3. The molecule has 0 N–H and O–H groups in total. The van der Waals surface area contributed by atoms with Crippen LogP contribution in [0.2, 0.25) is 0 Å². The van der Waals surface area contributed by atoms with Gasteiger partial charge >= 0.3 is 0 Å². The molecule has 0 saturated heterocycles. The van der Waals surface area contributed by atoms with Crippen molar-refractivity contribution in [3.8, 4) is 0 Å². The summed E-state index contributed by atoms with van der Waals surface area (Å²) in [6.07, 6.45) is 3.47. The van der Waals surface area contributed by atoms with Gasteiger partial charge in [0.15, 0.2) is 0 Å². The molecule has 1 aromatic carbocycles. The molecule has 1 rings (SSSR count). The van der Waals surface area contributed by atoms with Gasteiger partial charge in [-0.3, -0.25) is 0 Å². The van der Waals surface area contributed by atoms with Gasteiger partial charge in [-0.05, 0) is 26.0 Å². The van der Waals surface area contributed by atoms with E-state index in [1.54, 1.807) is 6.20 Å². The predicted molar refractivity (Wildman–Crippen MR) is 66.5 cm³/mol. The quantitative estimate of drug-likeness (QED) is 0.543. The molecule has 0 spiro atoms. The van der Waals surface area contributed by atoms with E-state index in [1.165, 1.54) is 0 Å². The first-order valence-electron chi connectivity index (χ1n) is 5.47. The second-order valence-electron chi connectivity index (χ2n) is 3.20. The number of nitrogens with zero attached hydrogens (tertiary/aromatic N) is 3. The van der Waals surface area contributed by atoms with Gasteiger partial charge in [0.1, 0.15) is 0 Å². The third-order valence-electron chi connectivity index (χ3n) is 2.13. The summed E-state index contributed by atoms with van der Waals surface area (Å²) in [7, 11) is 0. The van der Waals surface area contributed by atoms with Crippen LogP contribution in [0.1, 0.15) is 13.8 Å². The van der Waals surface area contributed by atoms with Crippen molar-refractivity contribution in [3.63, 3.8) is 0 Å². The molecule has 0 radical (unpaired) electrons. The fourth-order valence-corrected chi connectivity index (χ4v) is 1.17. The Morgan fingerprint density at radius 1 is 1.19 bits per heavy atom. The maximum Gasteiger partial charge on any atom is 0.0929 e. The average Bonchev–Trinajstić information content (AvgIpc) is 2.35. The molecule has 84 valence electrons. The van der Waals surface area contributed by atoms with Gasteiger partial charge in [0.2, 0.25) is 0 Å². The smallest absolute Gasteiger partial charge is 0.0929 e. The molecule has 0 heterocycles. The Morgan fingerprint density at radius 2 is 1.88 bits per heavy atom. The normalized spacial score (nSPS) is 9.88. The Morgan fingerprint density at radius 3 is 2.50 bits per heavy atom. The van der Waals surface area contributed by atoms with Crippen LogP contribution >= 0.6 is 0 Å². The van der Waals surface area contributed by atoms with Crippen molar-refractivity contribution >= 4 is 5.69 Å². The molecule has 0 atom stereocenters. The van der Waals surface area contributed by atoms with Gasteiger partial charge in [-0.15, -0.1) is 5.11 Å². The summed E-state index contributed by atoms with van der Waals surface area (Å²) in [4.78, 5) is 2.13. The largest absolute Gasteiger partial charge is 0.372 e. The van der Waals surface area contributed by atoms with Crippen LogP contribution in [0.5, 0.6) is 0 Å². The summed E-state index contributed by atoms with van der Waals surface area (Å²) in [6, 6.07) is 9.64. The number of rotatable bonds is 5. The number of hydrogen-bond donors (Lipinski definition) is 0. The van der Waals surface area contributed by atoms with Gasteiger partial charge in [0.25, 0.3) is 0 Å². The molecule has 3 nitrogen and oxygen atoms in total. The Bertz CT molecular complexity index is 371. The molecule has 0 aliphatic heterocycles. The lowest BCUT2D eigenvalue weighted by molar-refractivity contribution is 0.419. The van der Waals surface area contributed by atoms with E-state index >= 15 is 0 Å². The van der Waals surface area contributed by atoms with E-state index in [1.807, 2.05) is 36.5 Å². The first-order valence-corrected chi connectivity index (χ1v) is 5.47. The van der Waals surface area contributed by atoms with Gasteiger partial charge in [0.05, 0.1) is 11.9 Å². The third kappa shape index (κ3) is 4.58. The van der Waals surface area contributed by atoms with Crippen LogP contribution in [0.4, 0.5) is 5.69 Å². The van der Waals surface area contributed by atoms with Crippen LogP contribution < -0.4 is 0 Å². The van der Waals surface area contributed by atoms with Crippen LogP contribution in [0.3, 0.4) is 0 Å². The number of azo groups is 1. The van der Waals surface area contributed by atoms with E-state index in [0.717, 1.165) is 18.8 Å². The minimum absolute atomic E-state index is 0.850. The first kappa shape index (κ1) is 12.2.